The lowest BCUT2D eigenvalue weighted by Crippen LogP contribution is -2.12. The molecule has 92 valence electrons. The summed E-state index contributed by atoms with van der Waals surface area (Å²) in [6.45, 7) is 0.883. The van der Waals surface area contributed by atoms with Crippen molar-refractivity contribution in [1.82, 2.24) is 19.5 Å². The molecule has 0 aliphatic carbocycles. The van der Waals surface area contributed by atoms with Crippen molar-refractivity contribution in [2.24, 2.45) is 5.73 Å². The number of hydrogen-bond donors (Lipinski definition) is 2. The van der Waals surface area contributed by atoms with Crippen molar-refractivity contribution in [3.05, 3.63) is 45.8 Å². The maximum absolute atomic E-state index is 11.8. The van der Waals surface area contributed by atoms with Crippen molar-refractivity contribution in [2.75, 3.05) is 0 Å². The second kappa shape index (κ2) is 4.35. The van der Waals surface area contributed by atoms with Crippen LogP contribution in [-0.2, 0) is 13.1 Å². The van der Waals surface area contributed by atoms with Crippen LogP contribution in [0.2, 0.25) is 0 Å². The summed E-state index contributed by atoms with van der Waals surface area (Å²) in [5.74, 6) is 0.617. The number of H-pyrrole nitrogens is 1. The first-order valence-electron chi connectivity index (χ1n) is 5.43. The van der Waals surface area contributed by atoms with Crippen LogP contribution in [0.1, 0.15) is 11.5 Å². The average Bonchev–Trinajstić information content (AvgIpc) is 2.97. The molecule has 0 saturated heterocycles. The molecule has 6 nitrogen and oxygen atoms in total. The normalized spacial score (nSPS) is 11.2. The van der Waals surface area contributed by atoms with Gasteiger partial charge in [-0.1, -0.05) is 0 Å². The minimum absolute atomic E-state index is 0.0934. The van der Waals surface area contributed by atoms with Crippen molar-refractivity contribution in [3.8, 4) is 0 Å². The van der Waals surface area contributed by atoms with Gasteiger partial charge in [0.25, 0.3) is 5.56 Å². The number of aromatic nitrogens is 4. The molecule has 0 unspecified atom stereocenters. The molecule has 0 radical (unpaired) electrons. The van der Waals surface area contributed by atoms with Gasteiger partial charge in [0, 0.05) is 12.7 Å². The average molecular weight is 261 g/mol. The van der Waals surface area contributed by atoms with Gasteiger partial charge in [0.2, 0.25) is 0 Å². The predicted octanol–water partition coefficient (Wildman–Crippen LogP) is 0.688. The number of fused-ring (bicyclic) bond motifs is 1. The Morgan fingerprint density at radius 3 is 3.17 bits per heavy atom. The van der Waals surface area contributed by atoms with E-state index in [0.717, 1.165) is 11.2 Å². The number of nitrogens with one attached hydrogen (secondary N) is 1. The molecule has 3 N–H and O–H groups in total. The Balaban J connectivity index is 1.96. The molecule has 0 atom stereocenters. The summed E-state index contributed by atoms with van der Waals surface area (Å²) in [6.07, 6.45) is 3.53. The standard InChI is InChI=1S/C11H11N5OS/c12-3-7-4-16(6-13-7)5-9-14-8-1-2-18-10(8)11(17)15-9/h1-2,4,6H,3,5,12H2,(H,14,15,17). The fourth-order valence-electron chi connectivity index (χ4n) is 1.77. The van der Waals surface area contributed by atoms with Crippen molar-refractivity contribution >= 4 is 21.6 Å². The lowest BCUT2D eigenvalue weighted by atomic mass is 10.4. The summed E-state index contributed by atoms with van der Waals surface area (Å²) in [5, 5.41) is 1.86. The first-order valence-corrected chi connectivity index (χ1v) is 6.31. The highest BCUT2D eigenvalue weighted by Crippen LogP contribution is 2.13. The molecule has 0 saturated carbocycles. The van der Waals surface area contributed by atoms with Gasteiger partial charge in [-0.15, -0.1) is 11.3 Å². The largest absolute Gasteiger partial charge is 0.330 e. The van der Waals surface area contributed by atoms with Crippen LogP contribution in [0.4, 0.5) is 0 Å². The summed E-state index contributed by atoms with van der Waals surface area (Å²) in [4.78, 5) is 23.1. The predicted molar refractivity (Wildman–Crippen MR) is 69.5 cm³/mol. The maximum Gasteiger partial charge on any atom is 0.268 e. The molecule has 0 fully saturated rings. The molecular weight excluding hydrogens is 250 g/mol. The summed E-state index contributed by atoms with van der Waals surface area (Å²) < 4.78 is 2.51. The van der Waals surface area contributed by atoms with Crippen LogP contribution in [0.25, 0.3) is 10.2 Å². The monoisotopic (exact) mass is 261 g/mol. The zero-order chi connectivity index (χ0) is 12.5. The molecule has 0 aromatic carbocycles. The fourth-order valence-corrected chi connectivity index (χ4v) is 2.49. The smallest absolute Gasteiger partial charge is 0.268 e. The van der Waals surface area contributed by atoms with E-state index in [1.807, 2.05) is 22.2 Å². The Hall–Kier alpha value is -1.99. The van der Waals surface area contributed by atoms with Crippen molar-refractivity contribution < 1.29 is 0 Å². The number of rotatable bonds is 3. The van der Waals surface area contributed by atoms with E-state index in [1.54, 1.807) is 6.33 Å². The van der Waals surface area contributed by atoms with Crippen molar-refractivity contribution in [2.45, 2.75) is 13.1 Å². The number of hydrogen-bond acceptors (Lipinski definition) is 5. The van der Waals surface area contributed by atoms with E-state index < -0.39 is 0 Å². The van der Waals surface area contributed by atoms with Crippen LogP contribution in [-0.4, -0.2) is 19.5 Å². The van der Waals surface area contributed by atoms with E-state index in [4.69, 9.17) is 5.73 Å². The Bertz CT molecular complexity index is 741. The molecule has 3 rings (SSSR count). The molecule has 0 bridgehead atoms. The zero-order valence-electron chi connectivity index (χ0n) is 9.46. The third-order valence-corrected chi connectivity index (χ3v) is 3.49. The minimum atomic E-state index is -0.0934. The molecule has 3 aromatic rings. The van der Waals surface area contributed by atoms with Gasteiger partial charge in [-0.25, -0.2) is 9.97 Å². The van der Waals surface area contributed by atoms with Gasteiger partial charge in [0.05, 0.1) is 24.1 Å². The first kappa shape index (κ1) is 11.1. The van der Waals surface area contributed by atoms with E-state index in [-0.39, 0.29) is 5.56 Å². The van der Waals surface area contributed by atoms with E-state index >= 15 is 0 Å². The van der Waals surface area contributed by atoms with Gasteiger partial charge >= 0.3 is 0 Å². The molecule has 0 amide bonds. The topological polar surface area (TPSA) is 89.6 Å². The molecule has 0 aliphatic heterocycles. The minimum Gasteiger partial charge on any atom is -0.330 e. The lowest BCUT2D eigenvalue weighted by molar-refractivity contribution is 0.744. The molecule has 0 spiro atoms. The van der Waals surface area contributed by atoms with E-state index in [1.165, 1.54) is 11.3 Å². The number of thiophene rings is 1. The van der Waals surface area contributed by atoms with Gasteiger partial charge < -0.3 is 15.3 Å². The molecule has 0 aliphatic rings. The highest BCUT2D eigenvalue weighted by atomic mass is 32.1. The maximum atomic E-state index is 11.8. The van der Waals surface area contributed by atoms with Crippen LogP contribution >= 0.6 is 11.3 Å². The Labute approximate surface area is 106 Å². The van der Waals surface area contributed by atoms with Gasteiger partial charge in [0.1, 0.15) is 10.5 Å². The zero-order valence-corrected chi connectivity index (χ0v) is 10.3. The molecule has 3 heterocycles. The summed E-state index contributed by atoms with van der Waals surface area (Å²) in [7, 11) is 0. The van der Waals surface area contributed by atoms with E-state index in [9.17, 15) is 4.79 Å². The molecular formula is C11H11N5OS. The van der Waals surface area contributed by atoms with Crippen LogP contribution in [0.15, 0.2) is 28.8 Å². The third kappa shape index (κ3) is 1.93. The summed E-state index contributed by atoms with van der Waals surface area (Å²) in [5.41, 5.74) is 6.95. The Kier molecular flexibility index (Phi) is 2.69. The molecule has 18 heavy (non-hydrogen) atoms. The Morgan fingerprint density at radius 1 is 1.50 bits per heavy atom. The summed E-state index contributed by atoms with van der Waals surface area (Å²) in [6, 6.07) is 1.85. The highest BCUT2D eigenvalue weighted by Gasteiger charge is 2.05. The molecule has 3 aromatic heterocycles. The third-order valence-electron chi connectivity index (χ3n) is 2.59. The van der Waals surface area contributed by atoms with Crippen molar-refractivity contribution in [1.29, 1.82) is 0 Å². The number of nitrogens with two attached hydrogens (primary N) is 1. The van der Waals surface area contributed by atoms with Crippen LogP contribution < -0.4 is 11.3 Å². The second-order valence-electron chi connectivity index (χ2n) is 3.89. The lowest BCUT2D eigenvalue weighted by Gasteiger charge is -2.01. The summed E-state index contributed by atoms with van der Waals surface area (Å²) >= 11 is 1.39. The number of nitrogens with zero attached hydrogens (tertiary/aromatic N) is 3. The Morgan fingerprint density at radius 2 is 2.39 bits per heavy atom. The quantitative estimate of drug-likeness (QED) is 0.725. The van der Waals surface area contributed by atoms with E-state index in [2.05, 4.69) is 15.0 Å². The fraction of sp³-hybridized carbons (Fsp3) is 0.182. The van der Waals surface area contributed by atoms with Gasteiger partial charge in [0.15, 0.2) is 0 Å². The van der Waals surface area contributed by atoms with Gasteiger partial charge in [-0.05, 0) is 11.4 Å². The molecule has 7 heteroatoms. The van der Waals surface area contributed by atoms with Crippen LogP contribution in [0, 0.1) is 0 Å². The number of aromatic amines is 1. The number of imidazole rings is 1. The van der Waals surface area contributed by atoms with E-state index in [0.29, 0.717) is 23.6 Å². The highest BCUT2D eigenvalue weighted by molar-refractivity contribution is 7.17. The van der Waals surface area contributed by atoms with Crippen molar-refractivity contribution in [3.63, 3.8) is 0 Å². The SMILES string of the molecule is NCc1cn(Cc2nc3ccsc3c(=O)[nH]2)cn1. The second-order valence-corrected chi connectivity index (χ2v) is 4.81. The van der Waals surface area contributed by atoms with Gasteiger partial charge in [-0.2, -0.15) is 0 Å². The van der Waals surface area contributed by atoms with Crippen LogP contribution in [0.5, 0.6) is 0 Å². The first-order chi connectivity index (χ1) is 8.76. The van der Waals surface area contributed by atoms with Crippen LogP contribution in [0.3, 0.4) is 0 Å². The van der Waals surface area contributed by atoms with Gasteiger partial charge in [-0.3, -0.25) is 4.79 Å².